The first-order valence-electron chi connectivity index (χ1n) is 6.55. The van der Waals surface area contributed by atoms with Crippen molar-refractivity contribution in [1.29, 1.82) is 0 Å². The Hall–Kier alpha value is -2.25. The summed E-state index contributed by atoms with van der Waals surface area (Å²) >= 11 is 0. The van der Waals surface area contributed by atoms with Crippen molar-refractivity contribution in [3.05, 3.63) is 29.3 Å². The molecule has 1 aromatic carbocycles. The molecule has 2 N–H and O–H groups in total. The van der Waals surface area contributed by atoms with Crippen LogP contribution in [0.3, 0.4) is 0 Å². The molecular weight excluding hydrogens is 303 g/mol. The van der Waals surface area contributed by atoms with E-state index in [2.05, 4.69) is 0 Å². The van der Waals surface area contributed by atoms with E-state index < -0.39 is 18.1 Å². The number of amides is 1. The number of aliphatic carboxylic acids is 1. The Kier molecular flexibility index (Phi) is 6.21. The Morgan fingerprint density at radius 3 is 2.55 bits per heavy atom. The highest BCUT2D eigenvalue weighted by Crippen LogP contribution is 2.21. The lowest BCUT2D eigenvalue weighted by Gasteiger charge is -2.13. The number of aryl methyl sites for hydroxylation is 1. The van der Waals surface area contributed by atoms with Crippen molar-refractivity contribution in [3.8, 4) is 5.75 Å². The van der Waals surface area contributed by atoms with E-state index in [0.717, 1.165) is 5.56 Å². The standard InChI is InChI=1S/C14H16F3NO4/c1-2-9-3-4-11(10(7-9)8-12(19)20)22-6-5-18-13(21)14(15,16)17/h3-4,7H,2,5-6,8H2,1H3,(H,18,21)(H,19,20). The monoisotopic (exact) mass is 319 g/mol. The highest BCUT2D eigenvalue weighted by atomic mass is 19.4. The van der Waals surface area contributed by atoms with E-state index in [1.807, 2.05) is 6.92 Å². The Labute approximate surface area is 125 Å². The van der Waals surface area contributed by atoms with Crippen molar-refractivity contribution < 1.29 is 32.6 Å². The van der Waals surface area contributed by atoms with E-state index >= 15 is 0 Å². The third-order valence-electron chi connectivity index (χ3n) is 2.78. The Balaban J connectivity index is 2.61. The lowest BCUT2D eigenvalue weighted by atomic mass is 10.1. The molecule has 0 fully saturated rings. The number of carboxylic acids is 1. The summed E-state index contributed by atoms with van der Waals surface area (Å²) in [5, 5.41) is 10.5. The number of benzene rings is 1. The Bertz CT molecular complexity index is 543. The molecule has 0 aromatic heterocycles. The maximum absolute atomic E-state index is 12.0. The molecule has 8 heteroatoms. The van der Waals surface area contributed by atoms with Crippen molar-refractivity contribution in [1.82, 2.24) is 5.32 Å². The molecule has 22 heavy (non-hydrogen) atoms. The van der Waals surface area contributed by atoms with Gasteiger partial charge in [0, 0.05) is 5.56 Å². The van der Waals surface area contributed by atoms with Crippen LogP contribution < -0.4 is 10.1 Å². The van der Waals surface area contributed by atoms with Crippen LogP contribution in [0.15, 0.2) is 18.2 Å². The zero-order valence-corrected chi connectivity index (χ0v) is 11.9. The summed E-state index contributed by atoms with van der Waals surface area (Å²) in [6.45, 7) is 1.38. The zero-order valence-electron chi connectivity index (χ0n) is 11.9. The van der Waals surface area contributed by atoms with E-state index in [1.165, 1.54) is 0 Å². The smallest absolute Gasteiger partial charge is 0.471 e. The number of ether oxygens (including phenoxy) is 1. The van der Waals surface area contributed by atoms with Crippen LogP contribution >= 0.6 is 0 Å². The molecular formula is C14H16F3NO4. The highest BCUT2D eigenvalue weighted by molar-refractivity contribution is 5.81. The molecule has 0 saturated heterocycles. The van der Waals surface area contributed by atoms with E-state index in [-0.39, 0.29) is 25.3 Å². The van der Waals surface area contributed by atoms with Gasteiger partial charge in [0.15, 0.2) is 0 Å². The summed E-state index contributed by atoms with van der Waals surface area (Å²) in [6.07, 6.45) is -4.47. The molecule has 122 valence electrons. The van der Waals surface area contributed by atoms with Crippen LogP contribution in [0.25, 0.3) is 0 Å². The van der Waals surface area contributed by atoms with Crippen LogP contribution in [0.2, 0.25) is 0 Å². The number of alkyl halides is 3. The van der Waals surface area contributed by atoms with Gasteiger partial charge in [-0.1, -0.05) is 19.1 Å². The number of rotatable bonds is 7. The predicted molar refractivity (Wildman–Crippen MR) is 71.7 cm³/mol. The van der Waals surface area contributed by atoms with Gasteiger partial charge in [-0.05, 0) is 18.1 Å². The number of hydrogen-bond donors (Lipinski definition) is 2. The summed E-state index contributed by atoms with van der Waals surface area (Å²) in [4.78, 5) is 21.4. The number of carboxylic acid groups (broad SMARTS) is 1. The van der Waals surface area contributed by atoms with Crippen molar-refractivity contribution in [2.24, 2.45) is 0 Å². The molecule has 0 aliphatic heterocycles. The normalized spacial score (nSPS) is 11.1. The fourth-order valence-corrected chi connectivity index (χ4v) is 1.72. The number of halogens is 3. The van der Waals surface area contributed by atoms with E-state index in [1.54, 1.807) is 23.5 Å². The summed E-state index contributed by atoms with van der Waals surface area (Å²) in [7, 11) is 0. The first-order valence-corrected chi connectivity index (χ1v) is 6.55. The topological polar surface area (TPSA) is 75.6 Å². The van der Waals surface area contributed by atoms with Gasteiger partial charge >= 0.3 is 18.1 Å². The largest absolute Gasteiger partial charge is 0.491 e. The summed E-state index contributed by atoms with van der Waals surface area (Å²) in [5.41, 5.74) is 1.36. The average Bonchev–Trinajstić information content (AvgIpc) is 2.42. The van der Waals surface area contributed by atoms with Crippen LogP contribution in [0.4, 0.5) is 13.2 Å². The van der Waals surface area contributed by atoms with Crippen molar-refractivity contribution in [2.45, 2.75) is 25.9 Å². The van der Waals surface area contributed by atoms with Gasteiger partial charge in [0.25, 0.3) is 0 Å². The molecule has 0 saturated carbocycles. The molecule has 0 atom stereocenters. The van der Waals surface area contributed by atoms with Gasteiger partial charge in [-0.2, -0.15) is 13.2 Å². The zero-order chi connectivity index (χ0) is 16.8. The second kappa shape index (κ2) is 7.67. The summed E-state index contributed by atoms with van der Waals surface area (Å²) in [6, 6.07) is 5.00. The lowest BCUT2D eigenvalue weighted by Crippen LogP contribution is -2.38. The number of carbonyl (C=O) groups excluding carboxylic acids is 1. The third kappa shape index (κ3) is 5.63. The minimum absolute atomic E-state index is 0.195. The summed E-state index contributed by atoms with van der Waals surface area (Å²) < 4.78 is 41.2. The first kappa shape index (κ1) is 17.8. The Morgan fingerprint density at radius 1 is 1.32 bits per heavy atom. The maximum atomic E-state index is 12.0. The van der Waals surface area contributed by atoms with Crippen LogP contribution in [-0.2, 0) is 22.4 Å². The van der Waals surface area contributed by atoms with Crippen LogP contribution in [-0.4, -0.2) is 36.3 Å². The molecule has 0 bridgehead atoms. The number of nitrogens with one attached hydrogen (secondary N) is 1. The SMILES string of the molecule is CCc1ccc(OCCNC(=O)C(F)(F)F)c(CC(=O)O)c1. The fourth-order valence-electron chi connectivity index (χ4n) is 1.72. The Morgan fingerprint density at radius 2 is 2.00 bits per heavy atom. The van der Waals surface area contributed by atoms with Crippen LogP contribution in [0.1, 0.15) is 18.1 Å². The molecule has 0 spiro atoms. The maximum Gasteiger partial charge on any atom is 0.471 e. The van der Waals surface area contributed by atoms with Gasteiger partial charge in [-0.15, -0.1) is 0 Å². The third-order valence-corrected chi connectivity index (χ3v) is 2.78. The van der Waals surface area contributed by atoms with Crippen LogP contribution in [0, 0.1) is 0 Å². The molecule has 0 unspecified atom stereocenters. The highest BCUT2D eigenvalue weighted by Gasteiger charge is 2.38. The summed E-state index contributed by atoms with van der Waals surface area (Å²) in [5.74, 6) is -2.80. The van der Waals surface area contributed by atoms with E-state index in [9.17, 15) is 22.8 Å². The molecule has 1 aromatic rings. The van der Waals surface area contributed by atoms with Gasteiger partial charge in [-0.25, -0.2) is 0 Å². The molecule has 0 aliphatic carbocycles. The minimum Gasteiger partial charge on any atom is -0.491 e. The number of hydrogen-bond acceptors (Lipinski definition) is 3. The second-order valence-electron chi connectivity index (χ2n) is 4.47. The molecule has 0 aliphatic rings. The lowest BCUT2D eigenvalue weighted by molar-refractivity contribution is -0.173. The van der Waals surface area contributed by atoms with Gasteiger partial charge in [0.1, 0.15) is 12.4 Å². The first-order chi connectivity index (χ1) is 10.2. The molecule has 5 nitrogen and oxygen atoms in total. The molecule has 1 rings (SSSR count). The predicted octanol–water partition coefficient (Wildman–Crippen LogP) is 1.93. The fraction of sp³-hybridized carbons (Fsp3) is 0.429. The number of carbonyl (C=O) groups is 2. The average molecular weight is 319 g/mol. The van der Waals surface area contributed by atoms with Gasteiger partial charge in [0.2, 0.25) is 0 Å². The molecule has 1 amide bonds. The molecule has 0 heterocycles. The van der Waals surface area contributed by atoms with Gasteiger partial charge in [-0.3, -0.25) is 9.59 Å². The van der Waals surface area contributed by atoms with Crippen molar-refractivity contribution in [3.63, 3.8) is 0 Å². The van der Waals surface area contributed by atoms with Gasteiger partial charge in [0.05, 0.1) is 13.0 Å². The van der Waals surface area contributed by atoms with Crippen molar-refractivity contribution >= 4 is 11.9 Å². The molecule has 0 radical (unpaired) electrons. The van der Waals surface area contributed by atoms with Gasteiger partial charge < -0.3 is 15.2 Å². The van der Waals surface area contributed by atoms with Crippen LogP contribution in [0.5, 0.6) is 5.75 Å². The quantitative estimate of drug-likeness (QED) is 0.753. The second-order valence-corrected chi connectivity index (χ2v) is 4.47. The van der Waals surface area contributed by atoms with E-state index in [4.69, 9.17) is 9.84 Å². The minimum atomic E-state index is -4.93. The van der Waals surface area contributed by atoms with E-state index in [0.29, 0.717) is 12.0 Å². The van der Waals surface area contributed by atoms with Crippen molar-refractivity contribution in [2.75, 3.05) is 13.2 Å².